The molecule has 1 aromatic heterocycles. The van der Waals surface area contributed by atoms with E-state index in [-0.39, 0.29) is 0 Å². The Bertz CT molecular complexity index is 1070. The number of nitrogens with one attached hydrogen (secondary N) is 1. The summed E-state index contributed by atoms with van der Waals surface area (Å²) < 4.78 is 5.90. The molecule has 31 heavy (non-hydrogen) atoms. The number of aromatic nitrogens is 1. The first kappa shape index (κ1) is 20.9. The van der Waals surface area contributed by atoms with Crippen molar-refractivity contribution in [3.8, 4) is 11.8 Å². The summed E-state index contributed by atoms with van der Waals surface area (Å²) in [5.74, 6) is -0.112. The number of aliphatic carboxylic acids is 1. The van der Waals surface area contributed by atoms with Gasteiger partial charge >= 0.3 is 5.97 Å². The summed E-state index contributed by atoms with van der Waals surface area (Å²) in [6, 6.07) is 17.2. The molecule has 7 nitrogen and oxygen atoms in total. The summed E-state index contributed by atoms with van der Waals surface area (Å²) in [5, 5.41) is 19.7. The first-order valence-corrected chi connectivity index (χ1v) is 10.5. The van der Waals surface area contributed by atoms with Crippen molar-refractivity contribution in [3.63, 3.8) is 0 Å². The number of aromatic amines is 1. The molecule has 0 aliphatic carbocycles. The lowest BCUT2D eigenvalue weighted by atomic mass is 10.0. The molecule has 2 N–H and O–H groups in total. The fourth-order valence-electron chi connectivity index (χ4n) is 4.12. The van der Waals surface area contributed by atoms with E-state index in [4.69, 9.17) is 10.00 Å². The van der Waals surface area contributed by atoms with Gasteiger partial charge in [0.25, 0.3) is 0 Å². The number of hydrogen-bond acceptors (Lipinski definition) is 5. The number of carboxylic acids is 1. The number of benzene rings is 2. The van der Waals surface area contributed by atoms with Crippen LogP contribution >= 0.6 is 0 Å². The minimum atomic E-state index is -0.851. The average Bonchev–Trinajstić information content (AvgIpc) is 3.20. The number of H-pyrrole nitrogens is 1. The van der Waals surface area contributed by atoms with Gasteiger partial charge in [0.15, 0.2) is 0 Å². The summed E-state index contributed by atoms with van der Waals surface area (Å²) in [4.78, 5) is 19.6. The highest BCUT2D eigenvalue weighted by molar-refractivity contribution is 5.90. The summed E-state index contributed by atoms with van der Waals surface area (Å²) in [6.45, 7) is 4.08. The first-order chi connectivity index (χ1) is 15.2. The number of rotatable bonds is 8. The van der Waals surface area contributed by atoms with Crippen LogP contribution in [0.5, 0.6) is 5.75 Å². The summed E-state index contributed by atoms with van der Waals surface area (Å²) in [5.41, 5.74) is 2.72. The maximum Gasteiger partial charge on any atom is 0.325 e. The van der Waals surface area contributed by atoms with Gasteiger partial charge in [-0.3, -0.25) is 14.6 Å². The smallest absolute Gasteiger partial charge is 0.325 e. The lowest BCUT2D eigenvalue weighted by Gasteiger charge is -2.37. The molecule has 0 spiro atoms. The Morgan fingerprint density at radius 1 is 1.16 bits per heavy atom. The van der Waals surface area contributed by atoms with Crippen LogP contribution in [0.25, 0.3) is 10.9 Å². The van der Waals surface area contributed by atoms with Gasteiger partial charge < -0.3 is 14.8 Å². The van der Waals surface area contributed by atoms with Crippen molar-refractivity contribution in [1.82, 2.24) is 14.8 Å². The van der Waals surface area contributed by atoms with E-state index in [2.05, 4.69) is 16.0 Å². The summed E-state index contributed by atoms with van der Waals surface area (Å²) in [7, 11) is 0. The van der Waals surface area contributed by atoms with Gasteiger partial charge in [0.1, 0.15) is 18.4 Å². The van der Waals surface area contributed by atoms with E-state index in [1.807, 2.05) is 53.4 Å². The largest absolute Gasteiger partial charge is 0.489 e. The minimum Gasteiger partial charge on any atom is -0.489 e. The molecule has 3 aromatic rings. The molecule has 2 heterocycles. The van der Waals surface area contributed by atoms with E-state index in [1.54, 1.807) is 6.20 Å². The van der Waals surface area contributed by atoms with Gasteiger partial charge in [0, 0.05) is 67.9 Å². The lowest BCUT2D eigenvalue weighted by Crippen LogP contribution is -2.49. The average molecular weight is 418 g/mol. The molecule has 7 heteroatoms. The van der Waals surface area contributed by atoms with Crippen LogP contribution < -0.4 is 4.74 Å². The van der Waals surface area contributed by atoms with Gasteiger partial charge in [-0.15, -0.1) is 0 Å². The Morgan fingerprint density at radius 3 is 2.65 bits per heavy atom. The number of ether oxygens (including phenoxy) is 1. The molecule has 1 saturated heterocycles. The van der Waals surface area contributed by atoms with Gasteiger partial charge in [-0.2, -0.15) is 5.26 Å². The number of carbonyl (C=O) groups is 1. The van der Waals surface area contributed by atoms with E-state index < -0.39 is 12.0 Å². The molecule has 0 radical (unpaired) electrons. The van der Waals surface area contributed by atoms with Gasteiger partial charge in [-0.1, -0.05) is 30.3 Å². The number of piperazine rings is 1. The Labute approximate surface area is 181 Å². The third kappa shape index (κ3) is 4.88. The van der Waals surface area contributed by atoms with Crippen molar-refractivity contribution in [2.24, 2.45) is 0 Å². The third-order valence-corrected chi connectivity index (χ3v) is 5.77. The van der Waals surface area contributed by atoms with Gasteiger partial charge in [-0.25, -0.2) is 0 Å². The molecule has 0 bridgehead atoms. The van der Waals surface area contributed by atoms with Crippen molar-refractivity contribution < 1.29 is 14.6 Å². The summed E-state index contributed by atoms with van der Waals surface area (Å²) >= 11 is 0. The number of fused-ring (bicyclic) bond motifs is 1. The molecule has 0 amide bonds. The zero-order valence-electron chi connectivity index (χ0n) is 17.3. The highest BCUT2D eigenvalue weighted by Gasteiger charge is 2.32. The van der Waals surface area contributed by atoms with Crippen LogP contribution in [0.1, 0.15) is 23.6 Å². The first-order valence-electron chi connectivity index (χ1n) is 10.5. The monoisotopic (exact) mass is 418 g/mol. The molecule has 1 fully saturated rings. The van der Waals surface area contributed by atoms with Crippen LogP contribution in [-0.4, -0.2) is 58.6 Å². The normalized spacial score (nSPS) is 16.1. The summed E-state index contributed by atoms with van der Waals surface area (Å²) in [6.07, 6.45) is 2.30. The number of carboxylic acid groups (broad SMARTS) is 1. The van der Waals surface area contributed by atoms with Crippen LogP contribution in [0.3, 0.4) is 0 Å². The van der Waals surface area contributed by atoms with Crippen LogP contribution in [-0.2, 0) is 11.4 Å². The van der Waals surface area contributed by atoms with Crippen LogP contribution in [0.4, 0.5) is 0 Å². The minimum absolute atomic E-state index is 0.480. The zero-order chi connectivity index (χ0) is 21.6. The molecule has 160 valence electrons. The molecule has 0 unspecified atom stereocenters. The van der Waals surface area contributed by atoms with Crippen molar-refractivity contribution in [3.05, 3.63) is 65.9 Å². The van der Waals surface area contributed by atoms with Crippen molar-refractivity contribution >= 4 is 16.9 Å². The predicted octanol–water partition coefficient (Wildman–Crippen LogP) is 3.40. The molecule has 1 atom stereocenters. The van der Waals surface area contributed by atoms with E-state index in [9.17, 15) is 9.90 Å². The van der Waals surface area contributed by atoms with Crippen molar-refractivity contribution in [2.75, 3.05) is 32.7 Å². The molecule has 4 rings (SSSR count). The lowest BCUT2D eigenvalue weighted by molar-refractivity contribution is -0.144. The quantitative estimate of drug-likeness (QED) is 0.582. The Hall–Kier alpha value is -3.34. The Balaban J connectivity index is 1.48. The zero-order valence-corrected chi connectivity index (χ0v) is 17.3. The Kier molecular flexibility index (Phi) is 6.51. The molecule has 0 saturated carbocycles. The number of nitriles is 1. The molecule has 1 aliphatic heterocycles. The Morgan fingerprint density at radius 2 is 1.94 bits per heavy atom. The van der Waals surface area contributed by atoms with E-state index in [0.717, 1.165) is 47.4 Å². The molecule has 2 aromatic carbocycles. The van der Waals surface area contributed by atoms with E-state index in [1.165, 1.54) is 0 Å². The highest BCUT2D eigenvalue weighted by Crippen LogP contribution is 2.31. The highest BCUT2D eigenvalue weighted by atomic mass is 16.5. The molecular formula is C24H26N4O3. The standard InChI is InChI=1S/C24H26N4O3/c25-9-4-10-27-11-13-28(14-12-27)23(24(29)30)21-16-26-22-15-19(7-8-20(21)22)31-17-18-5-2-1-3-6-18/h1-3,5-8,15-16,23,26H,4,10-14,17H2,(H,29,30)/t23-/m0/s1. The van der Waals surface area contributed by atoms with Crippen LogP contribution in [0.2, 0.25) is 0 Å². The third-order valence-electron chi connectivity index (χ3n) is 5.77. The topological polar surface area (TPSA) is 92.6 Å². The predicted molar refractivity (Wildman–Crippen MR) is 118 cm³/mol. The van der Waals surface area contributed by atoms with E-state index in [0.29, 0.717) is 26.1 Å². The van der Waals surface area contributed by atoms with Crippen molar-refractivity contribution in [2.45, 2.75) is 19.1 Å². The fourth-order valence-corrected chi connectivity index (χ4v) is 4.12. The second-order valence-electron chi connectivity index (χ2n) is 7.75. The molecule has 1 aliphatic rings. The maximum atomic E-state index is 12.2. The van der Waals surface area contributed by atoms with Crippen LogP contribution in [0, 0.1) is 11.3 Å². The SMILES string of the molecule is N#CCCN1CCN([C@H](C(=O)O)c2c[nH]c3cc(OCc4ccccc4)ccc23)CC1. The fraction of sp³-hybridized carbons (Fsp3) is 0.333. The van der Waals surface area contributed by atoms with Gasteiger partial charge in [-0.05, 0) is 17.7 Å². The van der Waals surface area contributed by atoms with Crippen LogP contribution in [0.15, 0.2) is 54.7 Å². The second-order valence-corrected chi connectivity index (χ2v) is 7.75. The second kappa shape index (κ2) is 9.65. The molecular weight excluding hydrogens is 392 g/mol. The maximum absolute atomic E-state index is 12.2. The number of nitrogens with zero attached hydrogens (tertiary/aromatic N) is 3. The van der Waals surface area contributed by atoms with E-state index >= 15 is 0 Å². The van der Waals surface area contributed by atoms with Gasteiger partial charge in [0.2, 0.25) is 0 Å². The van der Waals surface area contributed by atoms with Crippen molar-refractivity contribution in [1.29, 1.82) is 5.26 Å². The number of hydrogen-bond donors (Lipinski definition) is 2. The van der Waals surface area contributed by atoms with Gasteiger partial charge in [0.05, 0.1) is 6.07 Å².